The van der Waals surface area contributed by atoms with Crippen molar-refractivity contribution in [1.29, 1.82) is 0 Å². The minimum Gasteiger partial charge on any atom is -0.507 e. The summed E-state index contributed by atoms with van der Waals surface area (Å²) in [4.78, 5) is 20.5. The molecule has 7 heteroatoms. The zero-order valence-electron chi connectivity index (χ0n) is 19.0. The van der Waals surface area contributed by atoms with Gasteiger partial charge in [-0.25, -0.2) is 0 Å². The number of carbonyl (C=O) groups is 1. The molecule has 0 bridgehead atoms. The molecule has 1 heterocycles. The van der Waals surface area contributed by atoms with Crippen LogP contribution in [0.3, 0.4) is 0 Å². The van der Waals surface area contributed by atoms with Gasteiger partial charge in [-0.2, -0.15) is 0 Å². The lowest BCUT2D eigenvalue weighted by molar-refractivity contribution is -0.139. The first-order valence-electron chi connectivity index (χ1n) is 11.1. The minimum absolute atomic E-state index is 0.0679. The quantitative estimate of drug-likeness (QED) is 0.197. The Kier molecular flexibility index (Phi) is 8.35. The number of nitrogens with zero attached hydrogens (tertiary/aromatic N) is 2. The largest absolute Gasteiger partial charge is 0.507 e. The van der Waals surface area contributed by atoms with Gasteiger partial charge < -0.3 is 19.3 Å². The summed E-state index contributed by atoms with van der Waals surface area (Å²) in [6, 6.07) is 28.2. The third kappa shape index (κ3) is 6.83. The molecule has 35 heavy (non-hydrogen) atoms. The maximum atomic E-state index is 13.4. The molecular formula is C28H25BrN2O4. The number of aromatic hydroxyl groups is 1. The van der Waals surface area contributed by atoms with E-state index >= 15 is 0 Å². The highest BCUT2D eigenvalue weighted by Gasteiger charge is 2.28. The molecule has 1 atom stereocenters. The summed E-state index contributed by atoms with van der Waals surface area (Å²) in [6.45, 7) is 0.126. The summed E-state index contributed by atoms with van der Waals surface area (Å²) in [5.74, 6) is 0.529. The van der Waals surface area contributed by atoms with Crippen LogP contribution in [0.15, 0.2) is 111 Å². The van der Waals surface area contributed by atoms with Gasteiger partial charge in [0.2, 0.25) is 0 Å². The van der Waals surface area contributed by atoms with Crippen molar-refractivity contribution in [1.82, 2.24) is 4.90 Å². The number of oxime groups is 1. The fraction of sp³-hybridized carbons (Fsp3) is 0.143. The SMILES string of the molecule is O=C(CO/N=C\c1cc(Br)ccc1O)N(Cc1ccccc1)[C@@H](Cc1ccccc1)c1ccco1. The van der Waals surface area contributed by atoms with Crippen LogP contribution in [0.1, 0.15) is 28.5 Å². The lowest BCUT2D eigenvalue weighted by atomic mass is 10.0. The Morgan fingerprint density at radius 2 is 1.71 bits per heavy atom. The van der Waals surface area contributed by atoms with E-state index in [2.05, 4.69) is 21.1 Å². The van der Waals surface area contributed by atoms with E-state index in [1.165, 1.54) is 6.21 Å². The maximum absolute atomic E-state index is 13.4. The molecule has 1 amide bonds. The Labute approximate surface area is 212 Å². The van der Waals surface area contributed by atoms with E-state index in [4.69, 9.17) is 9.25 Å². The van der Waals surface area contributed by atoms with E-state index < -0.39 is 0 Å². The number of hydrogen-bond donors (Lipinski definition) is 1. The van der Waals surface area contributed by atoms with Crippen molar-refractivity contribution in [2.75, 3.05) is 6.61 Å². The van der Waals surface area contributed by atoms with Crippen molar-refractivity contribution >= 4 is 28.1 Å². The summed E-state index contributed by atoms with van der Waals surface area (Å²) >= 11 is 3.36. The van der Waals surface area contributed by atoms with E-state index in [1.54, 1.807) is 29.4 Å². The normalized spacial score (nSPS) is 11.9. The highest BCUT2D eigenvalue weighted by Crippen LogP contribution is 2.28. The van der Waals surface area contributed by atoms with Gasteiger partial charge in [-0.1, -0.05) is 81.7 Å². The molecule has 3 aromatic carbocycles. The fourth-order valence-corrected chi connectivity index (χ4v) is 4.11. The van der Waals surface area contributed by atoms with Gasteiger partial charge in [0.1, 0.15) is 11.5 Å². The van der Waals surface area contributed by atoms with Gasteiger partial charge in [0.15, 0.2) is 6.61 Å². The number of amides is 1. The summed E-state index contributed by atoms with van der Waals surface area (Å²) in [5.41, 5.74) is 2.56. The van der Waals surface area contributed by atoms with Crippen LogP contribution in [-0.4, -0.2) is 28.7 Å². The van der Waals surface area contributed by atoms with Crippen LogP contribution in [0.2, 0.25) is 0 Å². The molecule has 1 aromatic heterocycles. The van der Waals surface area contributed by atoms with Crippen LogP contribution < -0.4 is 0 Å². The Morgan fingerprint density at radius 1 is 1.00 bits per heavy atom. The van der Waals surface area contributed by atoms with Crippen molar-refractivity contribution in [3.63, 3.8) is 0 Å². The second-order valence-corrected chi connectivity index (χ2v) is 8.85. The standard InChI is InChI=1S/C28H25BrN2O4/c29-24-13-14-26(32)23(17-24)18-30-35-20-28(33)31(19-22-10-5-2-6-11-22)25(27-12-7-15-34-27)16-21-8-3-1-4-9-21/h1-15,17-18,25,32H,16,19-20H2/b30-18-/t25-/m0/s1. The first-order valence-corrected chi connectivity index (χ1v) is 11.9. The molecule has 6 nitrogen and oxygen atoms in total. The average molecular weight is 533 g/mol. The third-order valence-corrected chi connectivity index (χ3v) is 5.97. The molecule has 0 saturated heterocycles. The third-order valence-electron chi connectivity index (χ3n) is 5.48. The summed E-state index contributed by atoms with van der Waals surface area (Å²) in [6.07, 6.45) is 3.58. The van der Waals surface area contributed by atoms with Gasteiger partial charge in [0.25, 0.3) is 5.91 Å². The number of halogens is 1. The number of phenols is 1. The minimum atomic E-state index is -0.332. The molecular weight excluding hydrogens is 508 g/mol. The van der Waals surface area contributed by atoms with Gasteiger partial charge in [-0.15, -0.1) is 0 Å². The Morgan fingerprint density at radius 3 is 2.40 bits per heavy atom. The number of furan rings is 1. The Balaban J connectivity index is 1.55. The number of carbonyl (C=O) groups excluding carboxylic acids is 1. The first-order chi connectivity index (χ1) is 17.1. The van der Waals surface area contributed by atoms with Crippen molar-refractivity contribution < 1.29 is 19.2 Å². The van der Waals surface area contributed by atoms with Crippen LogP contribution >= 0.6 is 15.9 Å². The van der Waals surface area contributed by atoms with Crippen LogP contribution in [0.25, 0.3) is 0 Å². The van der Waals surface area contributed by atoms with Crippen LogP contribution in [0.4, 0.5) is 0 Å². The second kappa shape index (κ2) is 12.0. The van der Waals surface area contributed by atoms with Crippen molar-refractivity contribution in [2.45, 2.75) is 19.0 Å². The number of hydrogen-bond acceptors (Lipinski definition) is 5. The molecule has 178 valence electrons. The van der Waals surface area contributed by atoms with Crippen molar-refractivity contribution in [3.05, 3.63) is 124 Å². The predicted molar refractivity (Wildman–Crippen MR) is 138 cm³/mol. The number of benzene rings is 3. The van der Waals surface area contributed by atoms with Crippen LogP contribution in [0, 0.1) is 0 Å². The molecule has 0 saturated carbocycles. The molecule has 0 aliphatic rings. The fourth-order valence-electron chi connectivity index (χ4n) is 3.73. The molecule has 0 radical (unpaired) electrons. The van der Waals surface area contributed by atoms with Gasteiger partial charge in [0, 0.05) is 23.0 Å². The van der Waals surface area contributed by atoms with E-state index in [1.807, 2.05) is 72.8 Å². The zero-order chi connectivity index (χ0) is 24.5. The lowest BCUT2D eigenvalue weighted by Gasteiger charge is -2.30. The second-order valence-electron chi connectivity index (χ2n) is 7.94. The van der Waals surface area contributed by atoms with Gasteiger partial charge in [-0.3, -0.25) is 4.79 Å². The average Bonchev–Trinajstić information content (AvgIpc) is 3.42. The summed E-state index contributed by atoms with van der Waals surface area (Å²) in [7, 11) is 0. The molecule has 0 fully saturated rings. The lowest BCUT2D eigenvalue weighted by Crippen LogP contribution is -2.37. The van der Waals surface area contributed by atoms with Gasteiger partial charge in [-0.05, 0) is 41.5 Å². The molecule has 0 aliphatic carbocycles. The predicted octanol–water partition coefficient (Wildman–Crippen LogP) is 6.11. The van der Waals surface area contributed by atoms with Crippen molar-refractivity contribution in [2.24, 2.45) is 5.16 Å². The molecule has 0 aliphatic heterocycles. The molecule has 4 rings (SSSR count). The number of rotatable bonds is 10. The summed E-state index contributed by atoms with van der Waals surface area (Å²) in [5, 5.41) is 13.9. The molecule has 0 spiro atoms. The molecule has 4 aromatic rings. The van der Waals surface area contributed by atoms with E-state index in [0.717, 1.165) is 15.6 Å². The number of phenolic OH excluding ortho intramolecular Hbond substituents is 1. The Hall–Kier alpha value is -3.84. The smallest absolute Gasteiger partial charge is 0.264 e. The Bertz CT molecular complexity index is 1240. The topological polar surface area (TPSA) is 75.3 Å². The monoisotopic (exact) mass is 532 g/mol. The highest BCUT2D eigenvalue weighted by atomic mass is 79.9. The van der Waals surface area contributed by atoms with Gasteiger partial charge in [0.05, 0.1) is 18.5 Å². The highest BCUT2D eigenvalue weighted by molar-refractivity contribution is 9.10. The molecule has 1 N–H and O–H groups in total. The summed E-state index contributed by atoms with van der Waals surface area (Å²) < 4.78 is 6.54. The zero-order valence-corrected chi connectivity index (χ0v) is 20.5. The first kappa shape index (κ1) is 24.3. The van der Waals surface area contributed by atoms with E-state index in [-0.39, 0.29) is 24.3 Å². The van der Waals surface area contributed by atoms with Crippen LogP contribution in [0.5, 0.6) is 5.75 Å². The molecule has 0 unspecified atom stereocenters. The van der Waals surface area contributed by atoms with Crippen LogP contribution in [-0.2, 0) is 22.6 Å². The van der Waals surface area contributed by atoms with E-state index in [0.29, 0.717) is 24.3 Å². The van der Waals surface area contributed by atoms with Crippen molar-refractivity contribution in [3.8, 4) is 5.75 Å². The van der Waals surface area contributed by atoms with Gasteiger partial charge >= 0.3 is 0 Å². The maximum Gasteiger partial charge on any atom is 0.264 e. The van der Waals surface area contributed by atoms with E-state index in [9.17, 15) is 9.90 Å².